The summed E-state index contributed by atoms with van der Waals surface area (Å²) in [6.07, 6.45) is 6.63. The Kier molecular flexibility index (Phi) is 3.81. The summed E-state index contributed by atoms with van der Waals surface area (Å²) in [7, 11) is 0. The van der Waals surface area contributed by atoms with Gasteiger partial charge in [0.25, 0.3) is 0 Å². The van der Waals surface area contributed by atoms with E-state index in [1.54, 1.807) is 6.08 Å². The average Bonchev–Trinajstić information content (AvgIpc) is 2.38. The molecular formula is C14H17NO2. The van der Waals surface area contributed by atoms with Crippen LogP contribution in [0.3, 0.4) is 0 Å². The Morgan fingerprint density at radius 2 is 1.76 bits per heavy atom. The Morgan fingerprint density at radius 1 is 1.12 bits per heavy atom. The van der Waals surface area contributed by atoms with E-state index in [9.17, 15) is 4.79 Å². The molecule has 1 heterocycles. The lowest BCUT2D eigenvalue weighted by Gasteiger charge is -2.28. The van der Waals surface area contributed by atoms with Gasteiger partial charge in [-0.15, -0.1) is 0 Å². The highest BCUT2D eigenvalue weighted by Crippen LogP contribution is 2.20. The molecule has 1 aromatic carbocycles. The topological polar surface area (TPSA) is 40.5 Å². The lowest BCUT2D eigenvalue weighted by atomic mass is 10.1. The highest BCUT2D eigenvalue weighted by atomic mass is 16.4. The summed E-state index contributed by atoms with van der Waals surface area (Å²) < 4.78 is 0. The first-order valence-electron chi connectivity index (χ1n) is 6.02. The third-order valence-corrected chi connectivity index (χ3v) is 3.03. The molecule has 1 aliphatic heterocycles. The highest BCUT2D eigenvalue weighted by molar-refractivity contribution is 5.85. The molecule has 1 aromatic rings. The van der Waals surface area contributed by atoms with Crippen LogP contribution in [0.15, 0.2) is 30.3 Å². The predicted octanol–water partition coefficient (Wildman–Crippen LogP) is 2.77. The first-order valence-corrected chi connectivity index (χ1v) is 6.02. The standard InChI is InChI=1S/C14H17NO2/c16-14(17)9-6-12-4-7-13(8-5-12)15-10-2-1-3-11-15/h4-9H,1-3,10-11H2,(H,16,17). The maximum Gasteiger partial charge on any atom is 0.328 e. The molecule has 17 heavy (non-hydrogen) atoms. The van der Waals surface area contributed by atoms with Gasteiger partial charge in [-0.2, -0.15) is 0 Å². The van der Waals surface area contributed by atoms with Gasteiger partial charge in [-0.05, 0) is 43.0 Å². The molecule has 90 valence electrons. The van der Waals surface area contributed by atoms with Crippen LogP contribution in [-0.2, 0) is 4.79 Å². The van der Waals surface area contributed by atoms with Gasteiger partial charge in [0.1, 0.15) is 0 Å². The van der Waals surface area contributed by atoms with Gasteiger partial charge in [-0.1, -0.05) is 12.1 Å². The van der Waals surface area contributed by atoms with Crippen molar-refractivity contribution in [2.75, 3.05) is 18.0 Å². The number of carboxylic acids is 1. The second-order valence-corrected chi connectivity index (χ2v) is 4.31. The van der Waals surface area contributed by atoms with Crippen molar-refractivity contribution in [1.82, 2.24) is 0 Å². The van der Waals surface area contributed by atoms with E-state index in [0.717, 1.165) is 24.7 Å². The van der Waals surface area contributed by atoms with Crippen LogP contribution in [0.5, 0.6) is 0 Å². The molecule has 0 bridgehead atoms. The van der Waals surface area contributed by atoms with Crippen molar-refractivity contribution in [3.8, 4) is 0 Å². The molecule has 0 radical (unpaired) electrons. The van der Waals surface area contributed by atoms with E-state index in [1.165, 1.54) is 24.9 Å². The molecule has 0 spiro atoms. The van der Waals surface area contributed by atoms with Crippen LogP contribution < -0.4 is 4.90 Å². The second-order valence-electron chi connectivity index (χ2n) is 4.31. The van der Waals surface area contributed by atoms with E-state index < -0.39 is 5.97 Å². The van der Waals surface area contributed by atoms with E-state index >= 15 is 0 Å². The normalized spacial score (nSPS) is 16.4. The first-order chi connectivity index (χ1) is 8.25. The van der Waals surface area contributed by atoms with Crippen molar-refractivity contribution in [3.05, 3.63) is 35.9 Å². The minimum atomic E-state index is -0.912. The van der Waals surface area contributed by atoms with Crippen LogP contribution in [0.25, 0.3) is 6.08 Å². The van der Waals surface area contributed by atoms with Gasteiger partial charge in [-0.3, -0.25) is 0 Å². The van der Waals surface area contributed by atoms with Gasteiger partial charge < -0.3 is 10.0 Å². The molecule has 3 heteroatoms. The largest absolute Gasteiger partial charge is 0.478 e. The fourth-order valence-corrected chi connectivity index (χ4v) is 2.12. The summed E-state index contributed by atoms with van der Waals surface area (Å²) in [5.74, 6) is -0.912. The summed E-state index contributed by atoms with van der Waals surface area (Å²) >= 11 is 0. The van der Waals surface area contributed by atoms with Gasteiger partial charge in [0, 0.05) is 24.9 Å². The number of rotatable bonds is 3. The fraction of sp³-hybridized carbons (Fsp3) is 0.357. The quantitative estimate of drug-likeness (QED) is 0.813. The zero-order chi connectivity index (χ0) is 12.1. The summed E-state index contributed by atoms with van der Waals surface area (Å²) in [6.45, 7) is 2.26. The molecule has 2 rings (SSSR count). The molecule has 0 atom stereocenters. The number of piperidine rings is 1. The number of hydrogen-bond donors (Lipinski definition) is 1. The minimum absolute atomic E-state index is 0.912. The van der Waals surface area contributed by atoms with Crippen LogP contribution in [0.2, 0.25) is 0 Å². The Bertz CT molecular complexity index is 403. The lowest BCUT2D eigenvalue weighted by molar-refractivity contribution is -0.131. The number of benzene rings is 1. The number of carboxylic acid groups (broad SMARTS) is 1. The van der Waals surface area contributed by atoms with Crippen LogP contribution in [0, 0.1) is 0 Å². The van der Waals surface area contributed by atoms with Crippen molar-refractivity contribution < 1.29 is 9.90 Å². The van der Waals surface area contributed by atoms with Crippen molar-refractivity contribution in [2.45, 2.75) is 19.3 Å². The molecule has 1 fully saturated rings. The van der Waals surface area contributed by atoms with Crippen LogP contribution in [0.4, 0.5) is 5.69 Å². The predicted molar refractivity (Wildman–Crippen MR) is 69.2 cm³/mol. The minimum Gasteiger partial charge on any atom is -0.478 e. The molecule has 0 aromatic heterocycles. The van der Waals surface area contributed by atoms with Crippen LogP contribution in [-0.4, -0.2) is 24.2 Å². The maximum atomic E-state index is 10.4. The molecule has 0 aliphatic carbocycles. The zero-order valence-electron chi connectivity index (χ0n) is 9.80. The lowest BCUT2D eigenvalue weighted by Crippen LogP contribution is -2.29. The first kappa shape index (κ1) is 11.7. The van der Waals surface area contributed by atoms with E-state index in [2.05, 4.69) is 17.0 Å². The van der Waals surface area contributed by atoms with E-state index in [0.29, 0.717) is 0 Å². The van der Waals surface area contributed by atoms with Crippen molar-refractivity contribution >= 4 is 17.7 Å². The Hall–Kier alpha value is -1.77. The number of hydrogen-bond acceptors (Lipinski definition) is 2. The van der Waals surface area contributed by atoms with Gasteiger partial charge in [0.2, 0.25) is 0 Å². The van der Waals surface area contributed by atoms with Crippen LogP contribution >= 0.6 is 0 Å². The smallest absolute Gasteiger partial charge is 0.328 e. The molecule has 1 aliphatic rings. The molecule has 1 saturated heterocycles. The highest BCUT2D eigenvalue weighted by Gasteiger charge is 2.09. The molecule has 0 amide bonds. The van der Waals surface area contributed by atoms with Crippen molar-refractivity contribution in [2.24, 2.45) is 0 Å². The van der Waals surface area contributed by atoms with Crippen molar-refractivity contribution in [1.29, 1.82) is 0 Å². The summed E-state index contributed by atoms with van der Waals surface area (Å²) in [6, 6.07) is 8.05. The number of carbonyl (C=O) groups is 1. The van der Waals surface area contributed by atoms with Gasteiger partial charge >= 0.3 is 5.97 Å². The summed E-state index contributed by atoms with van der Waals surface area (Å²) in [4.78, 5) is 12.8. The monoisotopic (exact) mass is 231 g/mol. The number of aliphatic carboxylic acids is 1. The fourth-order valence-electron chi connectivity index (χ4n) is 2.12. The summed E-state index contributed by atoms with van der Waals surface area (Å²) in [5, 5.41) is 8.54. The zero-order valence-corrected chi connectivity index (χ0v) is 9.80. The Balaban J connectivity index is 2.04. The third-order valence-electron chi connectivity index (χ3n) is 3.03. The van der Waals surface area contributed by atoms with Crippen LogP contribution in [0.1, 0.15) is 24.8 Å². The Morgan fingerprint density at radius 3 is 2.35 bits per heavy atom. The molecule has 0 saturated carbocycles. The Labute approximate surface area is 101 Å². The second kappa shape index (κ2) is 5.53. The van der Waals surface area contributed by atoms with Crippen molar-refractivity contribution in [3.63, 3.8) is 0 Å². The summed E-state index contributed by atoms with van der Waals surface area (Å²) in [5.41, 5.74) is 2.16. The van der Waals surface area contributed by atoms with Gasteiger partial charge in [0.15, 0.2) is 0 Å². The SMILES string of the molecule is O=C(O)C=Cc1ccc(N2CCCCC2)cc1. The molecule has 1 N–H and O–H groups in total. The van der Waals surface area contributed by atoms with Gasteiger partial charge in [0.05, 0.1) is 0 Å². The third kappa shape index (κ3) is 3.34. The molecule has 0 unspecified atom stereocenters. The average molecular weight is 231 g/mol. The molecule has 3 nitrogen and oxygen atoms in total. The number of anilines is 1. The number of nitrogens with zero attached hydrogens (tertiary/aromatic N) is 1. The molecular weight excluding hydrogens is 214 g/mol. The maximum absolute atomic E-state index is 10.4. The van der Waals surface area contributed by atoms with E-state index in [4.69, 9.17) is 5.11 Å². The van der Waals surface area contributed by atoms with Gasteiger partial charge in [-0.25, -0.2) is 4.79 Å². The van der Waals surface area contributed by atoms with E-state index in [-0.39, 0.29) is 0 Å². The van der Waals surface area contributed by atoms with E-state index in [1.807, 2.05) is 12.1 Å².